The largest absolute Gasteiger partial charge is 0.497 e. The number of benzene rings is 1. The maximum atomic E-state index is 13.4. The molecular formula is C18H24N4O4S. The van der Waals surface area contributed by atoms with Crippen LogP contribution in [0.4, 0.5) is 0 Å². The molecule has 1 saturated heterocycles. The maximum absolute atomic E-state index is 13.4. The lowest BCUT2D eigenvalue weighted by atomic mass is 10.1. The topological polar surface area (TPSA) is 86.6 Å². The van der Waals surface area contributed by atoms with E-state index in [0.717, 1.165) is 24.5 Å². The number of hydrogen-bond donors (Lipinski definition) is 0. The molecule has 0 aliphatic carbocycles. The summed E-state index contributed by atoms with van der Waals surface area (Å²) in [4.78, 5) is 0.303. The molecule has 2 bridgehead atoms. The third-order valence-corrected chi connectivity index (χ3v) is 7.45. The standard InChI is InChI=1S/C18H24N4O4S/c1-25-10-9-17-19-20-18-11-13-3-4-14(12-21(17)18)22(13)27(23,24)16-7-5-15(26-2)6-8-16/h5-8,13-14H,3-4,9-12H2,1-2H3. The van der Waals surface area contributed by atoms with Gasteiger partial charge in [0.25, 0.3) is 0 Å². The monoisotopic (exact) mass is 392 g/mol. The van der Waals surface area contributed by atoms with E-state index in [0.29, 0.717) is 36.6 Å². The van der Waals surface area contributed by atoms with Crippen molar-refractivity contribution in [2.75, 3.05) is 20.8 Å². The van der Waals surface area contributed by atoms with Gasteiger partial charge in [-0.1, -0.05) is 0 Å². The summed E-state index contributed by atoms with van der Waals surface area (Å²) >= 11 is 0. The van der Waals surface area contributed by atoms with Crippen molar-refractivity contribution in [2.45, 2.75) is 49.2 Å². The second-order valence-corrected chi connectivity index (χ2v) is 8.83. The molecule has 1 fully saturated rings. The summed E-state index contributed by atoms with van der Waals surface area (Å²) in [5.41, 5.74) is 0. The van der Waals surface area contributed by atoms with E-state index in [4.69, 9.17) is 9.47 Å². The van der Waals surface area contributed by atoms with Crippen LogP contribution in [0.15, 0.2) is 29.2 Å². The Bertz CT molecular complexity index is 910. The van der Waals surface area contributed by atoms with Crippen molar-refractivity contribution in [3.63, 3.8) is 0 Å². The van der Waals surface area contributed by atoms with E-state index in [1.165, 1.54) is 0 Å². The second-order valence-electron chi connectivity index (χ2n) is 6.99. The summed E-state index contributed by atoms with van der Waals surface area (Å²) in [7, 11) is -0.358. The van der Waals surface area contributed by atoms with Gasteiger partial charge in [-0.25, -0.2) is 8.42 Å². The zero-order chi connectivity index (χ0) is 19.0. The van der Waals surface area contributed by atoms with Crippen molar-refractivity contribution in [2.24, 2.45) is 0 Å². The van der Waals surface area contributed by atoms with Crippen LogP contribution >= 0.6 is 0 Å². The molecular weight excluding hydrogens is 368 g/mol. The van der Waals surface area contributed by atoms with Crippen molar-refractivity contribution < 1.29 is 17.9 Å². The molecule has 0 amide bonds. The zero-order valence-corrected chi connectivity index (χ0v) is 16.4. The molecule has 2 aromatic rings. The highest BCUT2D eigenvalue weighted by atomic mass is 32.2. The Morgan fingerprint density at radius 2 is 1.85 bits per heavy atom. The van der Waals surface area contributed by atoms with E-state index in [1.807, 2.05) is 0 Å². The van der Waals surface area contributed by atoms with Crippen LogP contribution in [0, 0.1) is 0 Å². The number of sulfonamides is 1. The molecule has 0 saturated carbocycles. The molecule has 0 N–H and O–H groups in total. The molecule has 1 aromatic heterocycles. The molecule has 2 unspecified atom stereocenters. The lowest BCUT2D eigenvalue weighted by Gasteiger charge is -2.27. The smallest absolute Gasteiger partial charge is 0.243 e. The molecule has 1 aromatic carbocycles. The Kier molecular flexibility index (Phi) is 4.92. The van der Waals surface area contributed by atoms with Crippen molar-refractivity contribution in [3.8, 4) is 5.75 Å². The summed E-state index contributed by atoms with van der Waals surface area (Å²) < 4.78 is 40.8. The number of hydrogen-bond acceptors (Lipinski definition) is 6. The third kappa shape index (κ3) is 3.24. The van der Waals surface area contributed by atoms with Gasteiger partial charge in [0.1, 0.15) is 17.4 Å². The summed E-state index contributed by atoms with van der Waals surface area (Å²) in [5.74, 6) is 2.37. The Labute approximate surface area is 159 Å². The lowest BCUT2D eigenvalue weighted by Crippen LogP contribution is -2.42. The van der Waals surface area contributed by atoms with Gasteiger partial charge < -0.3 is 14.0 Å². The number of aromatic nitrogens is 3. The number of nitrogens with zero attached hydrogens (tertiary/aromatic N) is 4. The van der Waals surface area contributed by atoms with Crippen LogP contribution in [0.1, 0.15) is 24.5 Å². The molecule has 0 spiro atoms. The predicted octanol–water partition coefficient (Wildman–Crippen LogP) is 1.25. The summed E-state index contributed by atoms with van der Waals surface area (Å²) in [6.07, 6.45) is 2.96. The summed E-state index contributed by atoms with van der Waals surface area (Å²) in [5, 5.41) is 8.61. The van der Waals surface area contributed by atoms with Crippen LogP contribution in [-0.2, 0) is 34.1 Å². The van der Waals surface area contributed by atoms with Crippen LogP contribution in [-0.4, -0.2) is 60.4 Å². The minimum Gasteiger partial charge on any atom is -0.497 e. The van der Waals surface area contributed by atoms with E-state index in [-0.39, 0.29) is 12.1 Å². The maximum Gasteiger partial charge on any atom is 0.243 e. The minimum absolute atomic E-state index is 0.0807. The fourth-order valence-corrected chi connectivity index (χ4v) is 5.96. The number of fused-ring (bicyclic) bond motifs is 3. The Morgan fingerprint density at radius 1 is 1.11 bits per heavy atom. The molecule has 2 aliphatic heterocycles. The van der Waals surface area contributed by atoms with Gasteiger partial charge in [0.2, 0.25) is 10.0 Å². The van der Waals surface area contributed by atoms with Gasteiger partial charge >= 0.3 is 0 Å². The quantitative estimate of drug-likeness (QED) is 0.735. The summed E-state index contributed by atoms with van der Waals surface area (Å²) in [6, 6.07) is 6.43. The van der Waals surface area contributed by atoms with Crippen LogP contribution in [0.3, 0.4) is 0 Å². The highest BCUT2D eigenvalue weighted by Gasteiger charge is 2.45. The normalized spacial score (nSPS) is 22.4. The van der Waals surface area contributed by atoms with Gasteiger partial charge in [0.15, 0.2) is 0 Å². The van der Waals surface area contributed by atoms with E-state index in [1.54, 1.807) is 42.8 Å². The van der Waals surface area contributed by atoms with E-state index in [2.05, 4.69) is 14.8 Å². The predicted molar refractivity (Wildman–Crippen MR) is 98.1 cm³/mol. The first kappa shape index (κ1) is 18.4. The Hall–Kier alpha value is -1.97. The van der Waals surface area contributed by atoms with Gasteiger partial charge in [0, 0.05) is 38.6 Å². The van der Waals surface area contributed by atoms with E-state index in [9.17, 15) is 8.42 Å². The van der Waals surface area contributed by atoms with Gasteiger partial charge in [-0.15, -0.1) is 10.2 Å². The van der Waals surface area contributed by atoms with Crippen molar-refractivity contribution >= 4 is 10.0 Å². The second kappa shape index (κ2) is 7.21. The van der Waals surface area contributed by atoms with Crippen molar-refractivity contribution in [1.82, 2.24) is 19.1 Å². The lowest BCUT2D eigenvalue weighted by molar-refractivity contribution is 0.199. The van der Waals surface area contributed by atoms with Crippen molar-refractivity contribution in [3.05, 3.63) is 35.9 Å². The minimum atomic E-state index is -3.58. The molecule has 146 valence electrons. The summed E-state index contributed by atoms with van der Waals surface area (Å²) in [6.45, 7) is 1.16. The van der Waals surface area contributed by atoms with Crippen molar-refractivity contribution in [1.29, 1.82) is 0 Å². The molecule has 0 radical (unpaired) electrons. The molecule has 27 heavy (non-hydrogen) atoms. The number of rotatable bonds is 6. The van der Waals surface area contributed by atoms with Gasteiger partial charge in [-0.05, 0) is 37.1 Å². The number of ether oxygens (including phenoxy) is 2. The van der Waals surface area contributed by atoms with Gasteiger partial charge in [-0.3, -0.25) is 0 Å². The van der Waals surface area contributed by atoms with E-state index < -0.39 is 10.0 Å². The van der Waals surface area contributed by atoms with Gasteiger partial charge in [0.05, 0.1) is 18.6 Å². The first-order valence-electron chi connectivity index (χ1n) is 9.12. The highest BCUT2D eigenvalue weighted by molar-refractivity contribution is 7.89. The molecule has 9 heteroatoms. The first-order chi connectivity index (χ1) is 13.0. The highest BCUT2D eigenvalue weighted by Crippen LogP contribution is 2.36. The van der Waals surface area contributed by atoms with Crippen LogP contribution in [0.25, 0.3) is 0 Å². The van der Waals surface area contributed by atoms with Gasteiger partial charge in [-0.2, -0.15) is 4.31 Å². The van der Waals surface area contributed by atoms with Crippen LogP contribution < -0.4 is 4.74 Å². The SMILES string of the molecule is COCCc1nnc2n1CC1CCC(C2)N1S(=O)(=O)c1ccc(OC)cc1. The average molecular weight is 392 g/mol. The Balaban J connectivity index is 1.64. The molecule has 3 heterocycles. The van der Waals surface area contributed by atoms with E-state index >= 15 is 0 Å². The molecule has 4 rings (SSSR count). The number of methoxy groups -OCH3 is 2. The fourth-order valence-electron chi connectivity index (χ4n) is 4.10. The van der Waals surface area contributed by atoms with Crippen LogP contribution in [0.2, 0.25) is 0 Å². The Morgan fingerprint density at radius 3 is 2.56 bits per heavy atom. The zero-order valence-electron chi connectivity index (χ0n) is 15.5. The molecule has 8 nitrogen and oxygen atoms in total. The fraction of sp³-hybridized carbons (Fsp3) is 0.556. The third-order valence-electron chi connectivity index (χ3n) is 5.43. The average Bonchev–Trinajstić information content (AvgIpc) is 3.19. The molecule has 2 aliphatic rings. The molecule has 2 atom stereocenters. The first-order valence-corrected chi connectivity index (χ1v) is 10.6. The van der Waals surface area contributed by atoms with Crippen LogP contribution in [0.5, 0.6) is 5.75 Å².